The highest BCUT2D eigenvalue weighted by Gasteiger charge is 2.23. The number of likely N-dealkylation sites (tertiary alicyclic amines) is 1. The maximum absolute atomic E-state index is 5.56. The van der Waals surface area contributed by atoms with E-state index in [-0.39, 0.29) is 0 Å². The quantitative estimate of drug-likeness (QED) is 0.808. The first-order valence-corrected chi connectivity index (χ1v) is 8.02. The molecule has 20 heavy (non-hydrogen) atoms. The second kappa shape index (κ2) is 6.57. The van der Waals surface area contributed by atoms with E-state index in [1.807, 2.05) is 0 Å². The maximum atomic E-state index is 5.56. The molecule has 1 aromatic rings. The third kappa shape index (κ3) is 3.95. The lowest BCUT2D eigenvalue weighted by Crippen LogP contribution is -2.44. The van der Waals surface area contributed by atoms with Gasteiger partial charge in [0.15, 0.2) is 5.11 Å². The van der Waals surface area contributed by atoms with Gasteiger partial charge in [-0.1, -0.05) is 39.8 Å². The topological polar surface area (TPSA) is 15.3 Å². The van der Waals surface area contributed by atoms with Crippen molar-refractivity contribution in [2.24, 2.45) is 11.8 Å². The van der Waals surface area contributed by atoms with E-state index < -0.39 is 0 Å². The molecular weight excluding hydrogens is 264 g/mol. The summed E-state index contributed by atoms with van der Waals surface area (Å²) in [6.45, 7) is 11.2. The van der Waals surface area contributed by atoms with Crippen LogP contribution in [-0.4, -0.2) is 23.1 Å². The summed E-state index contributed by atoms with van der Waals surface area (Å²) in [5, 5.41) is 4.24. The largest absolute Gasteiger partial charge is 0.348 e. The molecule has 2 rings (SSSR count). The Morgan fingerprint density at radius 1 is 1.15 bits per heavy atom. The second-order valence-corrected chi connectivity index (χ2v) is 6.94. The SMILES string of the molecule is CC(C)c1ccc(NC(=S)N2C[C@H](C)C[C@@H](C)C2)cc1. The fourth-order valence-electron chi connectivity index (χ4n) is 2.98. The van der Waals surface area contributed by atoms with E-state index in [1.54, 1.807) is 0 Å². The maximum Gasteiger partial charge on any atom is 0.173 e. The summed E-state index contributed by atoms with van der Waals surface area (Å²) in [5.41, 5.74) is 2.45. The Morgan fingerprint density at radius 2 is 1.70 bits per heavy atom. The highest BCUT2D eigenvalue weighted by molar-refractivity contribution is 7.80. The zero-order chi connectivity index (χ0) is 14.7. The molecule has 0 radical (unpaired) electrons. The summed E-state index contributed by atoms with van der Waals surface area (Å²) in [5.74, 6) is 2.02. The van der Waals surface area contributed by atoms with E-state index in [9.17, 15) is 0 Å². The molecule has 1 aliphatic rings. The van der Waals surface area contributed by atoms with Crippen LogP contribution in [-0.2, 0) is 0 Å². The molecule has 0 unspecified atom stereocenters. The summed E-state index contributed by atoms with van der Waals surface area (Å²) in [6, 6.07) is 8.60. The molecule has 0 aliphatic carbocycles. The number of hydrogen-bond donors (Lipinski definition) is 1. The number of rotatable bonds is 2. The van der Waals surface area contributed by atoms with Crippen molar-refractivity contribution in [3.05, 3.63) is 29.8 Å². The third-order valence-corrected chi connectivity index (χ3v) is 4.34. The molecule has 1 N–H and O–H groups in total. The average molecular weight is 290 g/mol. The van der Waals surface area contributed by atoms with Crippen molar-refractivity contribution in [1.29, 1.82) is 0 Å². The van der Waals surface area contributed by atoms with Crippen molar-refractivity contribution < 1.29 is 0 Å². The van der Waals surface area contributed by atoms with Crippen LogP contribution in [0.4, 0.5) is 5.69 Å². The minimum absolute atomic E-state index is 0.569. The lowest BCUT2D eigenvalue weighted by Gasteiger charge is -2.36. The van der Waals surface area contributed by atoms with Crippen LogP contribution in [0.2, 0.25) is 0 Å². The highest BCUT2D eigenvalue weighted by atomic mass is 32.1. The van der Waals surface area contributed by atoms with Crippen LogP contribution in [0, 0.1) is 11.8 Å². The molecule has 1 aromatic carbocycles. The van der Waals surface area contributed by atoms with Gasteiger partial charge in [0.05, 0.1) is 0 Å². The fourth-order valence-corrected chi connectivity index (χ4v) is 3.25. The minimum atomic E-state index is 0.569. The van der Waals surface area contributed by atoms with Gasteiger partial charge in [-0.05, 0) is 54.1 Å². The van der Waals surface area contributed by atoms with Gasteiger partial charge in [0, 0.05) is 18.8 Å². The van der Waals surface area contributed by atoms with Crippen LogP contribution >= 0.6 is 12.2 Å². The number of nitrogens with zero attached hydrogens (tertiary/aromatic N) is 1. The van der Waals surface area contributed by atoms with E-state index in [4.69, 9.17) is 12.2 Å². The predicted molar refractivity (Wildman–Crippen MR) is 91.3 cm³/mol. The van der Waals surface area contributed by atoms with Crippen LogP contribution in [0.25, 0.3) is 0 Å². The first kappa shape index (κ1) is 15.3. The second-order valence-electron chi connectivity index (χ2n) is 6.56. The standard InChI is InChI=1S/C17H26N2S/c1-12(2)15-5-7-16(8-6-15)18-17(20)19-10-13(3)9-14(4)11-19/h5-8,12-14H,9-11H2,1-4H3,(H,18,20)/t13-,14-/m1/s1. The fraction of sp³-hybridized carbons (Fsp3) is 0.588. The van der Waals surface area contributed by atoms with Crippen molar-refractivity contribution in [1.82, 2.24) is 4.90 Å². The van der Waals surface area contributed by atoms with Crippen molar-refractivity contribution in [2.45, 2.75) is 40.0 Å². The number of piperidine rings is 1. The van der Waals surface area contributed by atoms with Crippen LogP contribution < -0.4 is 5.32 Å². The molecule has 1 heterocycles. The molecule has 2 atom stereocenters. The molecule has 0 spiro atoms. The van der Waals surface area contributed by atoms with Crippen LogP contribution in [0.3, 0.4) is 0 Å². The van der Waals surface area contributed by atoms with Crippen molar-refractivity contribution in [2.75, 3.05) is 18.4 Å². The average Bonchev–Trinajstić information content (AvgIpc) is 2.38. The Kier molecular flexibility index (Phi) is 5.03. The first-order valence-electron chi connectivity index (χ1n) is 7.61. The van der Waals surface area contributed by atoms with Gasteiger partial charge in [0.25, 0.3) is 0 Å². The molecule has 0 saturated carbocycles. The Bertz CT molecular complexity index is 443. The minimum Gasteiger partial charge on any atom is -0.348 e. The van der Waals surface area contributed by atoms with E-state index in [0.717, 1.165) is 35.7 Å². The molecule has 0 amide bonds. The van der Waals surface area contributed by atoms with E-state index in [0.29, 0.717) is 5.92 Å². The normalized spacial score (nSPS) is 22.9. The summed E-state index contributed by atoms with van der Waals surface area (Å²) >= 11 is 5.56. The van der Waals surface area contributed by atoms with Gasteiger partial charge in [0.2, 0.25) is 0 Å². The predicted octanol–water partition coefficient (Wildman–Crippen LogP) is 4.48. The van der Waals surface area contributed by atoms with Gasteiger partial charge in [0.1, 0.15) is 0 Å². The van der Waals surface area contributed by atoms with Crippen LogP contribution in [0.15, 0.2) is 24.3 Å². The first-order chi connectivity index (χ1) is 9.45. The molecule has 0 aromatic heterocycles. The lowest BCUT2D eigenvalue weighted by molar-refractivity contribution is 0.216. The summed E-state index contributed by atoms with van der Waals surface area (Å²) in [4.78, 5) is 2.31. The molecule has 3 heteroatoms. The number of hydrogen-bond acceptors (Lipinski definition) is 1. The summed E-state index contributed by atoms with van der Waals surface area (Å²) in [6.07, 6.45) is 1.31. The summed E-state index contributed by atoms with van der Waals surface area (Å²) < 4.78 is 0. The number of anilines is 1. The van der Waals surface area contributed by atoms with Gasteiger partial charge >= 0.3 is 0 Å². The van der Waals surface area contributed by atoms with E-state index in [1.165, 1.54) is 12.0 Å². The Hall–Kier alpha value is -1.09. The van der Waals surface area contributed by atoms with Crippen molar-refractivity contribution >= 4 is 23.0 Å². The molecule has 0 bridgehead atoms. The van der Waals surface area contributed by atoms with Crippen LogP contribution in [0.5, 0.6) is 0 Å². The Balaban J connectivity index is 1.97. The van der Waals surface area contributed by atoms with Gasteiger partial charge in [-0.25, -0.2) is 0 Å². The Morgan fingerprint density at radius 3 is 2.20 bits per heavy atom. The van der Waals surface area contributed by atoms with Gasteiger partial charge in [-0.15, -0.1) is 0 Å². The molecule has 110 valence electrons. The molecule has 1 fully saturated rings. The van der Waals surface area contributed by atoms with Crippen LogP contribution in [0.1, 0.15) is 45.6 Å². The number of benzene rings is 1. The van der Waals surface area contributed by atoms with Gasteiger partial charge < -0.3 is 10.2 Å². The molecule has 1 aliphatic heterocycles. The number of thiocarbonyl (C=S) groups is 1. The molecule has 1 saturated heterocycles. The molecule has 2 nitrogen and oxygen atoms in total. The molecular formula is C17H26N2S. The third-order valence-electron chi connectivity index (χ3n) is 3.98. The van der Waals surface area contributed by atoms with E-state index >= 15 is 0 Å². The smallest absolute Gasteiger partial charge is 0.173 e. The number of nitrogens with one attached hydrogen (secondary N) is 1. The van der Waals surface area contributed by atoms with Crippen molar-refractivity contribution in [3.8, 4) is 0 Å². The van der Waals surface area contributed by atoms with Gasteiger partial charge in [-0.2, -0.15) is 0 Å². The van der Waals surface area contributed by atoms with Crippen molar-refractivity contribution in [3.63, 3.8) is 0 Å². The van der Waals surface area contributed by atoms with Gasteiger partial charge in [-0.3, -0.25) is 0 Å². The zero-order valence-electron chi connectivity index (χ0n) is 13.0. The zero-order valence-corrected chi connectivity index (χ0v) is 13.8. The Labute approximate surface area is 128 Å². The summed E-state index contributed by atoms with van der Waals surface area (Å²) in [7, 11) is 0. The highest BCUT2D eigenvalue weighted by Crippen LogP contribution is 2.22. The van der Waals surface area contributed by atoms with E-state index in [2.05, 4.69) is 62.2 Å². The lowest BCUT2D eigenvalue weighted by atomic mass is 9.92. The monoisotopic (exact) mass is 290 g/mol.